The predicted octanol–water partition coefficient (Wildman–Crippen LogP) is 2.49. The Morgan fingerprint density at radius 1 is 1.36 bits per heavy atom. The number of hydrogen-bond donors (Lipinski definition) is 0. The third-order valence-electron chi connectivity index (χ3n) is 3.89. The second kappa shape index (κ2) is 5.66. The van der Waals surface area contributed by atoms with Crippen LogP contribution in [0.4, 0.5) is 5.13 Å². The topological polar surface area (TPSA) is 56.1 Å². The molecule has 0 unspecified atom stereocenters. The molecule has 1 aromatic carbocycles. The first-order valence-corrected chi connectivity index (χ1v) is 8.26. The molecule has 0 aliphatic carbocycles. The van der Waals surface area contributed by atoms with Gasteiger partial charge in [-0.1, -0.05) is 23.5 Å². The second-order valence-electron chi connectivity index (χ2n) is 5.24. The van der Waals surface area contributed by atoms with Gasteiger partial charge in [-0.2, -0.15) is 0 Å². The van der Waals surface area contributed by atoms with E-state index in [1.54, 1.807) is 17.7 Å². The van der Waals surface area contributed by atoms with Gasteiger partial charge in [0.25, 0.3) is 0 Å². The van der Waals surface area contributed by atoms with Crippen molar-refractivity contribution in [1.82, 2.24) is 19.7 Å². The van der Waals surface area contributed by atoms with E-state index in [1.807, 2.05) is 10.6 Å². The quantitative estimate of drug-likeness (QED) is 0.743. The monoisotopic (exact) mass is 315 g/mol. The summed E-state index contributed by atoms with van der Waals surface area (Å²) in [6.07, 6.45) is 1.71. The van der Waals surface area contributed by atoms with Crippen LogP contribution in [0, 0.1) is 0 Å². The molecule has 1 aliphatic heterocycles. The fraction of sp³-hybridized carbons (Fsp3) is 0.400. The van der Waals surface area contributed by atoms with Crippen molar-refractivity contribution in [1.29, 1.82) is 0 Å². The Balaban J connectivity index is 1.60. The van der Waals surface area contributed by atoms with Gasteiger partial charge < -0.3 is 14.2 Å². The van der Waals surface area contributed by atoms with Gasteiger partial charge in [0, 0.05) is 13.1 Å². The summed E-state index contributed by atoms with van der Waals surface area (Å²) in [4.78, 5) is 7.03. The molecule has 0 bridgehead atoms. The Hall–Kier alpha value is -1.99. The zero-order chi connectivity index (χ0) is 14.9. The molecule has 3 aromatic rings. The van der Waals surface area contributed by atoms with Crippen molar-refractivity contribution in [2.24, 2.45) is 0 Å². The highest BCUT2D eigenvalue weighted by molar-refractivity contribution is 7.22. The average Bonchev–Trinajstić information content (AvgIpc) is 3.21. The standard InChI is InChI=1S/C15H17N5OS/c1-2-19-10-16-18-14(19)12-9-20(7-8-21-12)15-17-11-5-3-4-6-13(11)22-15/h3-6,10,12H,2,7-9H2,1H3/t12-/m0/s1. The van der Waals surface area contributed by atoms with E-state index >= 15 is 0 Å². The van der Waals surface area contributed by atoms with Gasteiger partial charge in [0.1, 0.15) is 12.4 Å². The highest BCUT2D eigenvalue weighted by Crippen LogP contribution is 2.31. The molecule has 0 N–H and O–H groups in total. The smallest absolute Gasteiger partial charge is 0.186 e. The Bertz CT molecular complexity index is 750. The number of anilines is 1. The van der Waals surface area contributed by atoms with Crippen LogP contribution in [0.1, 0.15) is 18.9 Å². The number of nitrogens with zero attached hydrogens (tertiary/aromatic N) is 5. The highest BCUT2D eigenvalue weighted by atomic mass is 32.1. The molecular weight excluding hydrogens is 298 g/mol. The SMILES string of the molecule is CCn1cnnc1[C@@H]1CN(c2nc3ccccc3s2)CCO1. The molecule has 7 heteroatoms. The Kier molecular flexibility index (Phi) is 3.51. The summed E-state index contributed by atoms with van der Waals surface area (Å²) >= 11 is 1.73. The first kappa shape index (κ1) is 13.7. The maximum Gasteiger partial charge on any atom is 0.186 e. The minimum atomic E-state index is -0.0526. The number of hydrogen-bond acceptors (Lipinski definition) is 6. The molecule has 22 heavy (non-hydrogen) atoms. The fourth-order valence-corrected chi connectivity index (χ4v) is 3.73. The van der Waals surface area contributed by atoms with Gasteiger partial charge >= 0.3 is 0 Å². The zero-order valence-electron chi connectivity index (χ0n) is 12.3. The molecule has 1 atom stereocenters. The Morgan fingerprint density at radius 2 is 2.27 bits per heavy atom. The van der Waals surface area contributed by atoms with Gasteiger partial charge in [0.15, 0.2) is 11.0 Å². The van der Waals surface area contributed by atoms with E-state index in [-0.39, 0.29) is 6.10 Å². The number of benzene rings is 1. The van der Waals surface area contributed by atoms with E-state index in [0.717, 1.165) is 36.1 Å². The molecule has 3 heterocycles. The average molecular weight is 315 g/mol. The maximum atomic E-state index is 5.90. The largest absolute Gasteiger partial charge is 0.366 e. The third kappa shape index (κ3) is 2.36. The summed E-state index contributed by atoms with van der Waals surface area (Å²) in [5.41, 5.74) is 1.06. The van der Waals surface area contributed by atoms with Crippen molar-refractivity contribution < 1.29 is 4.74 Å². The van der Waals surface area contributed by atoms with E-state index in [2.05, 4.69) is 40.2 Å². The Morgan fingerprint density at radius 3 is 3.14 bits per heavy atom. The fourth-order valence-electron chi connectivity index (χ4n) is 2.73. The lowest BCUT2D eigenvalue weighted by Gasteiger charge is -2.32. The lowest BCUT2D eigenvalue weighted by atomic mass is 10.2. The van der Waals surface area contributed by atoms with Crippen LogP contribution >= 0.6 is 11.3 Å². The van der Waals surface area contributed by atoms with Crippen molar-refractivity contribution >= 4 is 26.7 Å². The van der Waals surface area contributed by atoms with Gasteiger partial charge in [-0.25, -0.2) is 4.98 Å². The van der Waals surface area contributed by atoms with E-state index < -0.39 is 0 Å². The van der Waals surface area contributed by atoms with E-state index in [4.69, 9.17) is 9.72 Å². The number of rotatable bonds is 3. The van der Waals surface area contributed by atoms with Crippen molar-refractivity contribution in [2.75, 3.05) is 24.6 Å². The third-order valence-corrected chi connectivity index (χ3v) is 4.99. The van der Waals surface area contributed by atoms with Crippen LogP contribution in [0.2, 0.25) is 0 Å². The van der Waals surface area contributed by atoms with Crippen molar-refractivity contribution in [2.45, 2.75) is 19.6 Å². The zero-order valence-corrected chi connectivity index (χ0v) is 13.2. The molecule has 0 spiro atoms. The molecule has 0 radical (unpaired) electrons. The number of fused-ring (bicyclic) bond motifs is 1. The lowest BCUT2D eigenvalue weighted by Crippen LogP contribution is -2.39. The van der Waals surface area contributed by atoms with Crippen LogP contribution in [0.25, 0.3) is 10.2 Å². The molecule has 114 valence electrons. The summed E-state index contributed by atoms with van der Waals surface area (Å²) in [5.74, 6) is 0.897. The number of aromatic nitrogens is 4. The minimum Gasteiger partial charge on any atom is -0.366 e. The number of para-hydroxylation sites is 1. The van der Waals surface area contributed by atoms with E-state index in [9.17, 15) is 0 Å². The molecule has 1 saturated heterocycles. The number of aryl methyl sites for hydroxylation is 1. The van der Waals surface area contributed by atoms with Gasteiger partial charge in [0.2, 0.25) is 0 Å². The van der Waals surface area contributed by atoms with Gasteiger partial charge in [-0.3, -0.25) is 0 Å². The summed E-state index contributed by atoms with van der Waals surface area (Å²) in [7, 11) is 0. The summed E-state index contributed by atoms with van der Waals surface area (Å²) in [5, 5.41) is 9.28. The van der Waals surface area contributed by atoms with Crippen LogP contribution in [-0.4, -0.2) is 39.4 Å². The van der Waals surface area contributed by atoms with Gasteiger partial charge in [-0.15, -0.1) is 10.2 Å². The number of thiazole rings is 1. The molecule has 2 aromatic heterocycles. The van der Waals surface area contributed by atoms with Crippen LogP contribution < -0.4 is 4.90 Å². The van der Waals surface area contributed by atoms with Crippen molar-refractivity contribution in [3.8, 4) is 0 Å². The number of morpholine rings is 1. The second-order valence-corrected chi connectivity index (χ2v) is 6.25. The lowest BCUT2D eigenvalue weighted by molar-refractivity contribution is 0.0316. The molecule has 0 amide bonds. The van der Waals surface area contributed by atoms with E-state index in [1.165, 1.54) is 4.70 Å². The van der Waals surface area contributed by atoms with Crippen LogP contribution in [-0.2, 0) is 11.3 Å². The summed E-state index contributed by atoms with van der Waals surface area (Å²) in [6.45, 7) is 5.23. The Labute approximate surface area is 132 Å². The number of ether oxygens (including phenoxy) is 1. The predicted molar refractivity (Wildman–Crippen MR) is 86.2 cm³/mol. The van der Waals surface area contributed by atoms with Crippen molar-refractivity contribution in [3.63, 3.8) is 0 Å². The summed E-state index contributed by atoms with van der Waals surface area (Å²) in [6, 6.07) is 8.25. The first-order chi connectivity index (χ1) is 10.8. The highest BCUT2D eigenvalue weighted by Gasteiger charge is 2.27. The van der Waals surface area contributed by atoms with E-state index in [0.29, 0.717) is 6.61 Å². The van der Waals surface area contributed by atoms with Crippen molar-refractivity contribution in [3.05, 3.63) is 36.4 Å². The van der Waals surface area contributed by atoms with Gasteiger partial charge in [-0.05, 0) is 19.1 Å². The van der Waals surface area contributed by atoms with Crippen LogP contribution in [0.5, 0.6) is 0 Å². The molecular formula is C15H17N5OS. The molecule has 0 saturated carbocycles. The normalized spacial score (nSPS) is 19.0. The van der Waals surface area contributed by atoms with Gasteiger partial charge in [0.05, 0.1) is 23.4 Å². The molecule has 1 fully saturated rings. The molecule has 1 aliphatic rings. The summed E-state index contributed by atoms with van der Waals surface area (Å²) < 4.78 is 9.16. The minimum absolute atomic E-state index is 0.0526. The first-order valence-electron chi connectivity index (χ1n) is 7.45. The molecule has 6 nitrogen and oxygen atoms in total. The van der Waals surface area contributed by atoms with Crippen LogP contribution in [0.3, 0.4) is 0 Å². The molecule has 4 rings (SSSR count). The van der Waals surface area contributed by atoms with Crippen LogP contribution in [0.15, 0.2) is 30.6 Å². The maximum absolute atomic E-state index is 5.90.